The Bertz CT molecular complexity index is 937. The lowest BCUT2D eigenvalue weighted by Gasteiger charge is -2.29. The van der Waals surface area contributed by atoms with Gasteiger partial charge in [0, 0.05) is 10.7 Å². The van der Waals surface area contributed by atoms with Crippen molar-refractivity contribution in [2.45, 2.75) is 64.4 Å². The molecule has 0 unspecified atom stereocenters. The molecule has 3 rings (SSSR count). The maximum Gasteiger partial charge on any atom is 0.341 e. The van der Waals surface area contributed by atoms with Crippen LogP contribution in [0.2, 0.25) is 5.02 Å². The second-order valence-electron chi connectivity index (χ2n) is 7.99. The average Bonchev–Trinajstić information content (AvgIpc) is 3.26. The molecular weight excluding hydrogens is 414 g/mol. The molecule has 1 aliphatic carbocycles. The molecule has 0 radical (unpaired) electrons. The molecule has 0 spiro atoms. The van der Waals surface area contributed by atoms with E-state index in [-0.39, 0.29) is 18.6 Å². The highest BCUT2D eigenvalue weighted by atomic mass is 35.5. The average molecular weight is 444 g/mol. The van der Waals surface area contributed by atoms with E-state index in [0.717, 1.165) is 37.7 Å². The van der Waals surface area contributed by atoms with Gasteiger partial charge in [-0.1, -0.05) is 49.6 Å². The van der Waals surface area contributed by atoms with Gasteiger partial charge in [0.2, 0.25) is 5.91 Å². The van der Waals surface area contributed by atoms with Gasteiger partial charge in [0.25, 0.3) is 0 Å². The summed E-state index contributed by atoms with van der Waals surface area (Å²) in [4.78, 5) is 26.0. The Morgan fingerprint density at radius 2 is 1.84 bits per heavy atom. The van der Waals surface area contributed by atoms with Gasteiger partial charge in [-0.2, -0.15) is 0 Å². The molecule has 31 heavy (non-hydrogen) atoms. The number of anilines is 1. The number of hydrogen-bond acceptors (Lipinski definition) is 4. The van der Waals surface area contributed by atoms with Gasteiger partial charge >= 0.3 is 5.97 Å². The summed E-state index contributed by atoms with van der Waals surface area (Å²) in [7, 11) is 0. The molecule has 1 aliphatic rings. The van der Waals surface area contributed by atoms with Gasteiger partial charge < -0.3 is 14.8 Å². The zero-order valence-corrected chi connectivity index (χ0v) is 19.1. The number of ether oxygens (including phenoxy) is 2. The van der Waals surface area contributed by atoms with Crippen molar-refractivity contribution in [2.24, 2.45) is 0 Å². The van der Waals surface area contributed by atoms with Crippen molar-refractivity contribution in [3.8, 4) is 5.75 Å². The van der Waals surface area contributed by atoms with E-state index in [1.165, 1.54) is 0 Å². The standard InChI is InChI=1S/C25H30ClNO4/c1-4-17(3)31-22-13-12-18(16-19(22)23(28)30-5-2)27-24(29)25(14-8-9-15-25)20-10-6-7-11-21(20)26/h6-7,10-13,16-17H,4-5,8-9,14-15H2,1-3H3,(H,27,29)/t17-/m1/s1. The third-order valence-corrected chi connectivity index (χ3v) is 6.25. The minimum Gasteiger partial charge on any atom is -0.490 e. The molecule has 0 saturated heterocycles. The van der Waals surface area contributed by atoms with Crippen molar-refractivity contribution in [3.63, 3.8) is 0 Å². The van der Waals surface area contributed by atoms with Gasteiger partial charge in [-0.05, 0) is 62.9 Å². The van der Waals surface area contributed by atoms with Crippen molar-refractivity contribution in [1.29, 1.82) is 0 Å². The quantitative estimate of drug-likeness (QED) is 0.497. The van der Waals surface area contributed by atoms with Crippen LogP contribution in [0.25, 0.3) is 0 Å². The Morgan fingerprint density at radius 1 is 1.13 bits per heavy atom. The van der Waals surface area contributed by atoms with Gasteiger partial charge in [-0.15, -0.1) is 0 Å². The summed E-state index contributed by atoms with van der Waals surface area (Å²) in [5.74, 6) is -0.130. The third-order valence-electron chi connectivity index (χ3n) is 5.92. The summed E-state index contributed by atoms with van der Waals surface area (Å²) in [6.07, 6.45) is 4.17. The van der Waals surface area contributed by atoms with Crippen molar-refractivity contribution >= 4 is 29.2 Å². The minimum atomic E-state index is -0.672. The normalized spacial score (nSPS) is 15.9. The highest BCUT2D eigenvalue weighted by Gasteiger charge is 2.44. The van der Waals surface area contributed by atoms with Gasteiger partial charge in [0.1, 0.15) is 11.3 Å². The number of esters is 1. The van der Waals surface area contributed by atoms with Gasteiger partial charge in [0.15, 0.2) is 0 Å². The van der Waals surface area contributed by atoms with Crippen LogP contribution in [-0.2, 0) is 14.9 Å². The fraction of sp³-hybridized carbons (Fsp3) is 0.440. The Morgan fingerprint density at radius 3 is 2.48 bits per heavy atom. The van der Waals surface area contributed by atoms with Crippen LogP contribution in [0.15, 0.2) is 42.5 Å². The number of carbonyl (C=O) groups excluding carboxylic acids is 2. The van der Waals surface area contributed by atoms with Gasteiger partial charge in [-0.3, -0.25) is 4.79 Å². The molecule has 1 amide bonds. The Kier molecular flexibility index (Phi) is 7.60. The monoisotopic (exact) mass is 443 g/mol. The number of hydrogen-bond donors (Lipinski definition) is 1. The summed E-state index contributed by atoms with van der Waals surface area (Å²) < 4.78 is 11.1. The zero-order chi connectivity index (χ0) is 22.4. The number of nitrogens with one attached hydrogen (secondary N) is 1. The summed E-state index contributed by atoms with van der Waals surface area (Å²) in [5.41, 5.74) is 1.02. The maximum absolute atomic E-state index is 13.5. The molecule has 0 aromatic heterocycles. The molecule has 0 aliphatic heterocycles. The first-order valence-corrected chi connectivity index (χ1v) is 11.3. The van der Waals surface area contributed by atoms with Crippen LogP contribution in [0.1, 0.15) is 68.8 Å². The van der Waals surface area contributed by atoms with E-state index in [2.05, 4.69) is 5.32 Å². The smallest absolute Gasteiger partial charge is 0.341 e. The highest BCUT2D eigenvalue weighted by Crippen LogP contribution is 2.44. The van der Waals surface area contributed by atoms with E-state index < -0.39 is 11.4 Å². The Labute approximate surface area is 189 Å². The number of benzene rings is 2. The maximum atomic E-state index is 13.5. The van der Waals surface area contributed by atoms with E-state index in [1.807, 2.05) is 38.1 Å². The SMILES string of the molecule is CCOC(=O)c1cc(NC(=O)C2(c3ccccc3Cl)CCCC2)ccc1O[C@H](C)CC. The number of halogens is 1. The summed E-state index contributed by atoms with van der Waals surface area (Å²) in [6.45, 7) is 5.97. The van der Waals surface area contributed by atoms with Crippen LogP contribution < -0.4 is 10.1 Å². The van der Waals surface area contributed by atoms with Gasteiger partial charge in [0.05, 0.1) is 18.1 Å². The van der Waals surface area contributed by atoms with E-state index in [1.54, 1.807) is 25.1 Å². The van der Waals surface area contributed by atoms with Crippen molar-refractivity contribution in [1.82, 2.24) is 0 Å². The predicted octanol–water partition coefficient (Wildman–Crippen LogP) is 6.14. The fourth-order valence-corrected chi connectivity index (χ4v) is 4.39. The first-order valence-electron chi connectivity index (χ1n) is 11.0. The summed E-state index contributed by atoms with van der Waals surface area (Å²) >= 11 is 6.47. The van der Waals surface area contributed by atoms with Crippen LogP contribution in [0, 0.1) is 0 Å². The fourth-order valence-electron chi connectivity index (χ4n) is 4.08. The molecule has 1 atom stereocenters. The molecule has 2 aromatic rings. The molecule has 5 nitrogen and oxygen atoms in total. The van der Waals surface area contributed by atoms with Crippen LogP contribution in [0.5, 0.6) is 5.75 Å². The van der Waals surface area contributed by atoms with Crippen LogP contribution in [0.3, 0.4) is 0 Å². The molecule has 166 valence electrons. The molecule has 2 aromatic carbocycles. The first kappa shape index (κ1) is 23.1. The van der Waals surface area contributed by atoms with E-state index in [0.29, 0.717) is 22.0 Å². The van der Waals surface area contributed by atoms with Crippen LogP contribution in [0.4, 0.5) is 5.69 Å². The van der Waals surface area contributed by atoms with Crippen LogP contribution in [-0.4, -0.2) is 24.6 Å². The lowest BCUT2D eigenvalue weighted by molar-refractivity contribution is -0.121. The molecular formula is C25H30ClNO4. The van der Waals surface area contributed by atoms with Gasteiger partial charge in [-0.25, -0.2) is 4.79 Å². The van der Waals surface area contributed by atoms with Crippen molar-refractivity contribution in [3.05, 3.63) is 58.6 Å². The lowest BCUT2D eigenvalue weighted by Crippen LogP contribution is -2.38. The second-order valence-corrected chi connectivity index (χ2v) is 8.40. The Balaban J connectivity index is 1.92. The molecule has 1 saturated carbocycles. The lowest BCUT2D eigenvalue weighted by atomic mass is 9.78. The molecule has 6 heteroatoms. The zero-order valence-electron chi connectivity index (χ0n) is 18.4. The summed E-state index contributed by atoms with van der Waals surface area (Å²) in [6, 6.07) is 12.6. The minimum absolute atomic E-state index is 0.0457. The molecule has 0 bridgehead atoms. The van der Waals surface area contributed by atoms with Crippen LogP contribution >= 0.6 is 11.6 Å². The Hall–Kier alpha value is -2.53. The second kappa shape index (κ2) is 10.2. The number of rotatable bonds is 8. The first-order chi connectivity index (χ1) is 14.9. The largest absolute Gasteiger partial charge is 0.490 e. The highest BCUT2D eigenvalue weighted by molar-refractivity contribution is 6.32. The van der Waals surface area contributed by atoms with Crippen molar-refractivity contribution in [2.75, 3.05) is 11.9 Å². The predicted molar refractivity (Wildman–Crippen MR) is 123 cm³/mol. The van der Waals surface area contributed by atoms with Crippen molar-refractivity contribution < 1.29 is 19.1 Å². The summed E-state index contributed by atoms with van der Waals surface area (Å²) in [5, 5.41) is 3.62. The van der Waals surface area contributed by atoms with E-state index >= 15 is 0 Å². The van der Waals surface area contributed by atoms with E-state index in [4.69, 9.17) is 21.1 Å². The number of amides is 1. The third kappa shape index (κ3) is 5.04. The molecule has 1 fully saturated rings. The molecule has 1 N–H and O–H groups in total. The topological polar surface area (TPSA) is 64.6 Å². The number of carbonyl (C=O) groups is 2. The van der Waals surface area contributed by atoms with E-state index in [9.17, 15) is 9.59 Å². The molecule has 0 heterocycles.